The van der Waals surface area contributed by atoms with Crippen molar-refractivity contribution in [3.8, 4) is 0 Å². The van der Waals surface area contributed by atoms with E-state index in [1.54, 1.807) is 11.3 Å². The third kappa shape index (κ3) is 4.65. The molecule has 0 radical (unpaired) electrons. The second-order valence-corrected chi connectivity index (χ2v) is 7.23. The third-order valence-electron chi connectivity index (χ3n) is 4.51. The van der Waals surface area contributed by atoms with Crippen LogP contribution in [0.25, 0.3) is 0 Å². The quantitative estimate of drug-likeness (QED) is 0.828. The third-order valence-corrected chi connectivity index (χ3v) is 5.44. The van der Waals surface area contributed by atoms with Crippen molar-refractivity contribution in [2.24, 2.45) is 0 Å². The molecule has 1 aromatic carbocycles. The van der Waals surface area contributed by atoms with Crippen LogP contribution in [-0.4, -0.2) is 30.4 Å². The molecule has 1 aliphatic rings. The minimum Gasteiger partial charge on any atom is -0.354 e. The molecule has 2 aromatic rings. The number of thiophene rings is 1. The molecule has 1 N–H and O–H groups in total. The number of likely N-dealkylation sites (tertiary alicyclic amines) is 1. The number of aryl methyl sites for hydroxylation is 1. The first-order valence-electron chi connectivity index (χ1n) is 8.51. The summed E-state index contributed by atoms with van der Waals surface area (Å²) in [6.07, 6.45) is 3.67. The molecule has 1 unspecified atom stereocenters. The van der Waals surface area contributed by atoms with Crippen LogP contribution < -0.4 is 5.32 Å². The molecule has 2 heterocycles. The van der Waals surface area contributed by atoms with Gasteiger partial charge in [-0.2, -0.15) is 0 Å². The van der Waals surface area contributed by atoms with Gasteiger partial charge in [0, 0.05) is 17.8 Å². The van der Waals surface area contributed by atoms with Crippen LogP contribution in [0, 0.1) is 5.82 Å². The van der Waals surface area contributed by atoms with Gasteiger partial charge in [-0.1, -0.05) is 18.2 Å². The molecule has 1 saturated heterocycles. The van der Waals surface area contributed by atoms with Crippen LogP contribution in [0.3, 0.4) is 0 Å². The summed E-state index contributed by atoms with van der Waals surface area (Å²) in [5.74, 6) is -0.145. The molecule has 1 fully saturated rings. The molecule has 3 nitrogen and oxygen atoms in total. The first kappa shape index (κ1) is 17.1. The molecule has 0 spiro atoms. The van der Waals surface area contributed by atoms with E-state index in [9.17, 15) is 9.18 Å². The van der Waals surface area contributed by atoms with Gasteiger partial charge in [0.05, 0.1) is 6.04 Å². The van der Waals surface area contributed by atoms with Crippen LogP contribution in [0.1, 0.15) is 35.7 Å². The Bertz CT molecular complexity index is 636. The fourth-order valence-electron chi connectivity index (χ4n) is 3.19. The van der Waals surface area contributed by atoms with Gasteiger partial charge in [0.15, 0.2) is 0 Å². The Labute approximate surface area is 146 Å². The molecule has 3 rings (SSSR count). The maximum atomic E-state index is 13.2. The molecular formula is C19H23FN2OS. The predicted octanol–water partition coefficient (Wildman–Crippen LogP) is 3.77. The molecule has 24 heavy (non-hydrogen) atoms. The van der Waals surface area contributed by atoms with E-state index in [1.165, 1.54) is 29.9 Å². The Hall–Kier alpha value is -1.72. The Morgan fingerprint density at radius 3 is 2.62 bits per heavy atom. The minimum absolute atomic E-state index is 0.0784. The Morgan fingerprint density at radius 2 is 1.96 bits per heavy atom. The van der Waals surface area contributed by atoms with Crippen molar-refractivity contribution in [3.05, 3.63) is 58.0 Å². The number of benzene rings is 1. The van der Waals surface area contributed by atoms with E-state index < -0.39 is 0 Å². The summed E-state index contributed by atoms with van der Waals surface area (Å²) >= 11 is 1.68. The van der Waals surface area contributed by atoms with Crippen LogP contribution in [0.15, 0.2) is 41.8 Å². The maximum Gasteiger partial charge on any atom is 0.220 e. The molecule has 0 bridgehead atoms. The molecule has 1 amide bonds. The Morgan fingerprint density at radius 1 is 1.21 bits per heavy atom. The highest BCUT2D eigenvalue weighted by Crippen LogP contribution is 2.24. The number of halogens is 1. The van der Waals surface area contributed by atoms with Gasteiger partial charge >= 0.3 is 0 Å². The zero-order chi connectivity index (χ0) is 16.8. The number of carbonyl (C=O) groups excluding carboxylic acids is 1. The summed E-state index contributed by atoms with van der Waals surface area (Å²) in [7, 11) is 0. The average molecular weight is 346 g/mol. The summed E-state index contributed by atoms with van der Waals surface area (Å²) in [5.41, 5.74) is 1.07. The lowest BCUT2D eigenvalue weighted by atomic mass is 10.1. The molecule has 0 saturated carbocycles. The topological polar surface area (TPSA) is 32.3 Å². The average Bonchev–Trinajstić information content (AvgIpc) is 3.28. The normalized spacial score (nSPS) is 16.2. The smallest absolute Gasteiger partial charge is 0.220 e. The van der Waals surface area contributed by atoms with Gasteiger partial charge in [0.1, 0.15) is 5.82 Å². The van der Waals surface area contributed by atoms with E-state index in [4.69, 9.17) is 0 Å². The second-order valence-electron chi connectivity index (χ2n) is 6.19. The van der Waals surface area contributed by atoms with Gasteiger partial charge < -0.3 is 5.32 Å². The SMILES string of the molecule is O=C(CCc1cccs1)NCC(c1ccc(F)cc1)N1CCCC1. The Balaban J connectivity index is 1.57. The molecule has 5 heteroatoms. The fraction of sp³-hybridized carbons (Fsp3) is 0.421. The van der Waals surface area contributed by atoms with Crippen LogP contribution in [0.5, 0.6) is 0 Å². The lowest BCUT2D eigenvalue weighted by Gasteiger charge is -2.28. The number of carbonyl (C=O) groups is 1. The zero-order valence-corrected chi connectivity index (χ0v) is 14.5. The predicted molar refractivity (Wildman–Crippen MR) is 95.6 cm³/mol. The first-order chi connectivity index (χ1) is 11.7. The standard InChI is InChI=1S/C19H23FN2OS/c20-16-7-5-15(6-8-16)18(22-11-1-2-12-22)14-21-19(23)10-9-17-4-3-13-24-17/h3-8,13,18H,1-2,9-12,14H2,(H,21,23). The summed E-state index contributed by atoms with van der Waals surface area (Å²) in [4.78, 5) is 15.8. The molecule has 1 aromatic heterocycles. The van der Waals surface area contributed by atoms with E-state index >= 15 is 0 Å². The van der Waals surface area contributed by atoms with Crippen molar-refractivity contribution in [2.75, 3.05) is 19.6 Å². The summed E-state index contributed by atoms with van der Waals surface area (Å²) < 4.78 is 13.2. The van der Waals surface area contributed by atoms with Gasteiger partial charge in [0.25, 0.3) is 0 Å². The van der Waals surface area contributed by atoms with Crippen molar-refractivity contribution < 1.29 is 9.18 Å². The van der Waals surface area contributed by atoms with Crippen LogP contribution >= 0.6 is 11.3 Å². The summed E-state index contributed by atoms with van der Waals surface area (Å²) in [6, 6.07) is 10.8. The van der Waals surface area contributed by atoms with Crippen molar-refractivity contribution in [1.82, 2.24) is 10.2 Å². The first-order valence-corrected chi connectivity index (χ1v) is 9.39. The highest BCUT2D eigenvalue weighted by atomic mass is 32.1. The van der Waals surface area contributed by atoms with E-state index in [0.29, 0.717) is 13.0 Å². The monoisotopic (exact) mass is 346 g/mol. The largest absolute Gasteiger partial charge is 0.354 e. The van der Waals surface area contributed by atoms with Gasteiger partial charge in [-0.3, -0.25) is 9.69 Å². The van der Waals surface area contributed by atoms with Crippen LogP contribution in [0.2, 0.25) is 0 Å². The fourth-order valence-corrected chi connectivity index (χ4v) is 3.90. The molecular weight excluding hydrogens is 323 g/mol. The van der Waals surface area contributed by atoms with Gasteiger partial charge in [-0.05, 0) is 61.5 Å². The number of nitrogens with one attached hydrogen (secondary N) is 1. The van der Waals surface area contributed by atoms with Crippen molar-refractivity contribution in [2.45, 2.75) is 31.7 Å². The summed E-state index contributed by atoms with van der Waals surface area (Å²) in [6.45, 7) is 2.65. The van der Waals surface area contributed by atoms with Gasteiger partial charge in [0.2, 0.25) is 5.91 Å². The molecule has 0 aliphatic carbocycles. The lowest BCUT2D eigenvalue weighted by Crippen LogP contribution is -2.36. The summed E-state index contributed by atoms with van der Waals surface area (Å²) in [5, 5.41) is 5.10. The zero-order valence-electron chi connectivity index (χ0n) is 13.7. The van der Waals surface area contributed by atoms with Crippen molar-refractivity contribution >= 4 is 17.2 Å². The van der Waals surface area contributed by atoms with E-state index in [0.717, 1.165) is 25.1 Å². The molecule has 1 atom stereocenters. The highest BCUT2D eigenvalue weighted by Gasteiger charge is 2.23. The lowest BCUT2D eigenvalue weighted by molar-refractivity contribution is -0.121. The number of nitrogens with zero attached hydrogens (tertiary/aromatic N) is 1. The van der Waals surface area contributed by atoms with E-state index in [-0.39, 0.29) is 17.8 Å². The van der Waals surface area contributed by atoms with Crippen LogP contribution in [-0.2, 0) is 11.2 Å². The molecule has 1 aliphatic heterocycles. The maximum absolute atomic E-state index is 13.2. The van der Waals surface area contributed by atoms with E-state index in [1.807, 2.05) is 23.6 Å². The second kappa shape index (κ2) is 8.40. The molecule has 128 valence electrons. The Kier molecular flexibility index (Phi) is 5.99. The minimum atomic E-state index is -0.223. The van der Waals surface area contributed by atoms with Crippen molar-refractivity contribution in [1.29, 1.82) is 0 Å². The van der Waals surface area contributed by atoms with Gasteiger partial charge in [-0.25, -0.2) is 4.39 Å². The highest BCUT2D eigenvalue weighted by molar-refractivity contribution is 7.09. The van der Waals surface area contributed by atoms with Crippen molar-refractivity contribution in [3.63, 3.8) is 0 Å². The number of amides is 1. The van der Waals surface area contributed by atoms with Gasteiger partial charge in [-0.15, -0.1) is 11.3 Å². The number of rotatable bonds is 7. The number of hydrogen-bond acceptors (Lipinski definition) is 3. The van der Waals surface area contributed by atoms with Crippen LogP contribution in [0.4, 0.5) is 4.39 Å². The number of hydrogen-bond donors (Lipinski definition) is 1. The van der Waals surface area contributed by atoms with E-state index in [2.05, 4.69) is 16.3 Å².